The fourth-order valence-electron chi connectivity index (χ4n) is 3.78. The van der Waals surface area contributed by atoms with Crippen molar-refractivity contribution in [2.75, 3.05) is 33.4 Å². The largest absolute Gasteiger partial charge is 0.494 e. The summed E-state index contributed by atoms with van der Waals surface area (Å²) in [6, 6.07) is 10.2. The van der Waals surface area contributed by atoms with Crippen LogP contribution in [0.4, 0.5) is 4.39 Å². The predicted octanol–water partition coefficient (Wildman–Crippen LogP) is 0.421. The Morgan fingerprint density at radius 3 is 2.51 bits per heavy atom. The number of nitrogens with zero attached hydrogens (tertiary/aromatic N) is 2. The van der Waals surface area contributed by atoms with Gasteiger partial charge < -0.3 is 14.8 Å². The lowest BCUT2D eigenvalue weighted by atomic mass is 10.2. The van der Waals surface area contributed by atoms with Crippen molar-refractivity contribution in [1.82, 2.24) is 19.2 Å². The summed E-state index contributed by atoms with van der Waals surface area (Å²) in [6.45, 7) is 1.31. The van der Waals surface area contributed by atoms with Gasteiger partial charge in [0.2, 0.25) is 10.0 Å². The number of nitrogens with one attached hydrogen (secondary N) is 2. The third-order valence-electron chi connectivity index (χ3n) is 5.87. The molecule has 0 saturated carbocycles. The van der Waals surface area contributed by atoms with Crippen LogP contribution < -0.4 is 21.3 Å². The molecule has 0 aliphatic carbocycles. The van der Waals surface area contributed by atoms with Crippen LogP contribution in [0.25, 0.3) is 0 Å². The number of benzene rings is 2. The van der Waals surface area contributed by atoms with E-state index < -0.39 is 33.0 Å². The van der Waals surface area contributed by atoms with E-state index in [-0.39, 0.29) is 42.4 Å². The van der Waals surface area contributed by atoms with E-state index in [9.17, 15) is 27.2 Å². The highest BCUT2D eigenvalue weighted by Gasteiger charge is 2.26. The van der Waals surface area contributed by atoms with Crippen molar-refractivity contribution in [1.29, 1.82) is 0 Å². The molecule has 1 fully saturated rings. The van der Waals surface area contributed by atoms with Crippen molar-refractivity contribution >= 4 is 15.9 Å². The first-order chi connectivity index (χ1) is 18.7. The molecule has 4 rings (SSSR count). The fraction of sp³-hybridized carbons (Fsp3) is 0.269. The summed E-state index contributed by atoms with van der Waals surface area (Å²) in [5, 5.41) is 2.54. The number of methoxy groups -OCH3 is 1. The topological polar surface area (TPSA) is 140 Å². The molecule has 11 nitrogen and oxygen atoms in total. The normalized spacial score (nSPS) is 13.8. The maximum atomic E-state index is 13.5. The first-order valence-electron chi connectivity index (χ1n) is 11.8. The number of amides is 1. The van der Waals surface area contributed by atoms with Crippen LogP contribution in [0.3, 0.4) is 0 Å². The maximum absolute atomic E-state index is 13.5. The Hall–Kier alpha value is -4.25. The standard InChI is InChI=1S/C26H25FN4O7S/c1-37-23-14-19(4-8-22(23)27)15-28-24(32)9-5-20-17-30(26(34)29-25(20)33)16-18-2-6-21(7-3-18)39(35,36)31-10-12-38-13-11-31/h2-4,6-8,14,17H,10-13,15-16H2,1H3,(H,28,32)(H,29,33,34). The Morgan fingerprint density at radius 1 is 1.13 bits per heavy atom. The molecule has 0 atom stereocenters. The van der Waals surface area contributed by atoms with Gasteiger partial charge in [0.1, 0.15) is 5.56 Å². The summed E-state index contributed by atoms with van der Waals surface area (Å²) in [5.41, 5.74) is -0.369. The molecule has 13 heteroatoms. The number of carbonyl (C=O) groups excluding carboxylic acids is 1. The number of carbonyl (C=O) groups is 1. The molecular formula is C26H25FN4O7S. The number of sulfonamides is 1. The monoisotopic (exact) mass is 556 g/mol. The van der Waals surface area contributed by atoms with Crippen LogP contribution in [0.2, 0.25) is 0 Å². The average Bonchev–Trinajstić information content (AvgIpc) is 2.94. The summed E-state index contributed by atoms with van der Waals surface area (Å²) in [6.07, 6.45) is 1.23. The number of hydrogen-bond donors (Lipinski definition) is 2. The zero-order chi connectivity index (χ0) is 28.0. The van der Waals surface area contributed by atoms with Gasteiger partial charge in [0.25, 0.3) is 11.5 Å². The van der Waals surface area contributed by atoms with Crippen molar-refractivity contribution in [3.05, 3.63) is 92.0 Å². The molecule has 2 heterocycles. The Kier molecular flexibility index (Phi) is 8.60. The minimum atomic E-state index is -3.66. The van der Waals surface area contributed by atoms with E-state index in [1.165, 1.54) is 52.5 Å². The number of morpholine rings is 1. The lowest BCUT2D eigenvalue weighted by molar-refractivity contribution is -0.115. The van der Waals surface area contributed by atoms with Gasteiger partial charge in [0, 0.05) is 31.8 Å². The van der Waals surface area contributed by atoms with Gasteiger partial charge in [-0.05, 0) is 41.3 Å². The van der Waals surface area contributed by atoms with Crippen LogP contribution in [-0.4, -0.2) is 61.6 Å². The van der Waals surface area contributed by atoms with E-state index in [2.05, 4.69) is 22.1 Å². The quantitative estimate of drug-likeness (QED) is 0.402. The smallest absolute Gasteiger partial charge is 0.328 e. The highest BCUT2D eigenvalue weighted by Crippen LogP contribution is 2.19. The molecular weight excluding hydrogens is 531 g/mol. The van der Waals surface area contributed by atoms with E-state index >= 15 is 0 Å². The van der Waals surface area contributed by atoms with Gasteiger partial charge in [-0.3, -0.25) is 19.1 Å². The zero-order valence-corrected chi connectivity index (χ0v) is 21.7. The van der Waals surface area contributed by atoms with Crippen molar-refractivity contribution in [3.63, 3.8) is 0 Å². The van der Waals surface area contributed by atoms with Gasteiger partial charge in [-0.25, -0.2) is 17.6 Å². The van der Waals surface area contributed by atoms with Crippen LogP contribution in [0.1, 0.15) is 16.7 Å². The van der Waals surface area contributed by atoms with Crippen molar-refractivity contribution < 1.29 is 27.1 Å². The van der Waals surface area contributed by atoms with E-state index in [1.54, 1.807) is 12.1 Å². The third kappa shape index (κ3) is 6.80. The molecule has 1 aliphatic heterocycles. The van der Waals surface area contributed by atoms with Crippen LogP contribution in [-0.2, 0) is 32.6 Å². The number of rotatable bonds is 7. The molecule has 2 aromatic carbocycles. The van der Waals surface area contributed by atoms with E-state index in [0.29, 0.717) is 24.3 Å². The molecule has 0 unspecified atom stereocenters. The molecule has 2 N–H and O–H groups in total. The van der Waals surface area contributed by atoms with E-state index in [1.807, 2.05) is 0 Å². The Morgan fingerprint density at radius 2 is 1.82 bits per heavy atom. The van der Waals surface area contributed by atoms with Crippen LogP contribution in [0, 0.1) is 17.7 Å². The van der Waals surface area contributed by atoms with E-state index in [4.69, 9.17) is 9.47 Å². The summed E-state index contributed by atoms with van der Waals surface area (Å²) in [5.74, 6) is 3.57. The SMILES string of the molecule is COc1cc(CNC(=O)C#Cc2cn(Cc3ccc(S(=O)(=O)N4CCOCC4)cc3)c(=O)[nH]c2=O)ccc1F. The summed E-state index contributed by atoms with van der Waals surface area (Å²) in [4.78, 5) is 39.0. The number of halogens is 1. The third-order valence-corrected chi connectivity index (χ3v) is 7.79. The molecule has 0 bridgehead atoms. The van der Waals surface area contributed by atoms with Crippen molar-refractivity contribution in [2.24, 2.45) is 0 Å². The predicted molar refractivity (Wildman–Crippen MR) is 138 cm³/mol. The van der Waals surface area contributed by atoms with Gasteiger partial charge >= 0.3 is 5.69 Å². The van der Waals surface area contributed by atoms with Crippen molar-refractivity contribution in [3.8, 4) is 17.6 Å². The molecule has 1 amide bonds. The van der Waals surface area contributed by atoms with Crippen LogP contribution in [0.15, 0.2) is 63.1 Å². The maximum Gasteiger partial charge on any atom is 0.328 e. The van der Waals surface area contributed by atoms with Gasteiger partial charge in [-0.1, -0.05) is 18.2 Å². The van der Waals surface area contributed by atoms with Gasteiger partial charge in [-0.15, -0.1) is 0 Å². The van der Waals surface area contributed by atoms with Crippen molar-refractivity contribution in [2.45, 2.75) is 18.0 Å². The summed E-state index contributed by atoms with van der Waals surface area (Å²) >= 11 is 0. The minimum Gasteiger partial charge on any atom is -0.494 e. The summed E-state index contributed by atoms with van der Waals surface area (Å²) < 4.78 is 51.8. The van der Waals surface area contributed by atoms with Crippen LogP contribution >= 0.6 is 0 Å². The Labute approximate surface area is 223 Å². The number of aromatic amines is 1. The lowest BCUT2D eigenvalue weighted by Gasteiger charge is -2.26. The second-order valence-electron chi connectivity index (χ2n) is 8.49. The number of ether oxygens (including phenoxy) is 2. The lowest BCUT2D eigenvalue weighted by Crippen LogP contribution is -2.40. The highest BCUT2D eigenvalue weighted by atomic mass is 32.2. The Bertz CT molecular complexity index is 1650. The van der Waals surface area contributed by atoms with Gasteiger partial charge in [-0.2, -0.15) is 4.31 Å². The zero-order valence-electron chi connectivity index (χ0n) is 20.9. The molecule has 3 aromatic rings. The van der Waals surface area contributed by atoms with Gasteiger partial charge in [0.05, 0.1) is 31.8 Å². The first-order valence-corrected chi connectivity index (χ1v) is 13.2. The summed E-state index contributed by atoms with van der Waals surface area (Å²) in [7, 11) is -2.33. The highest BCUT2D eigenvalue weighted by molar-refractivity contribution is 7.89. The number of aromatic nitrogens is 2. The Balaban J connectivity index is 1.44. The average molecular weight is 557 g/mol. The molecule has 0 radical (unpaired) electrons. The van der Waals surface area contributed by atoms with Gasteiger partial charge in [0.15, 0.2) is 11.6 Å². The molecule has 1 aliphatic rings. The molecule has 204 valence electrons. The second kappa shape index (κ2) is 12.1. The number of H-pyrrole nitrogens is 1. The molecule has 39 heavy (non-hydrogen) atoms. The first kappa shape index (κ1) is 27.8. The number of hydrogen-bond acceptors (Lipinski definition) is 7. The molecule has 1 aromatic heterocycles. The van der Waals surface area contributed by atoms with E-state index in [0.717, 1.165) is 0 Å². The molecule has 0 spiro atoms. The fourth-order valence-corrected chi connectivity index (χ4v) is 5.19. The minimum absolute atomic E-state index is 0.0285. The second-order valence-corrected chi connectivity index (χ2v) is 10.4. The van der Waals surface area contributed by atoms with Crippen LogP contribution in [0.5, 0.6) is 5.75 Å². The molecule has 1 saturated heterocycles.